The first-order valence-electron chi connectivity index (χ1n) is 4.84. The van der Waals surface area contributed by atoms with Gasteiger partial charge in [-0.25, -0.2) is 4.79 Å². The van der Waals surface area contributed by atoms with Gasteiger partial charge in [0.1, 0.15) is 0 Å². The van der Waals surface area contributed by atoms with Crippen LogP contribution < -0.4 is 10.6 Å². The largest absolute Gasteiger partial charge is 0.478 e. The number of hydrogen-bond donors (Lipinski definition) is 3. The summed E-state index contributed by atoms with van der Waals surface area (Å²) < 4.78 is 4.91. The molecule has 0 bridgehead atoms. The number of ether oxygens (including phenoxy) is 1. The molecule has 0 spiro atoms. The SMILES string of the molecule is COCCCNC1C=C(C(=O)O)C=CN1. The third-order valence-corrected chi connectivity index (χ3v) is 2.02. The highest BCUT2D eigenvalue weighted by Gasteiger charge is 2.11. The van der Waals surface area contributed by atoms with E-state index in [1.54, 1.807) is 19.4 Å². The maximum absolute atomic E-state index is 10.7. The first-order chi connectivity index (χ1) is 7.24. The van der Waals surface area contributed by atoms with Crippen molar-refractivity contribution in [1.82, 2.24) is 10.6 Å². The summed E-state index contributed by atoms with van der Waals surface area (Å²) >= 11 is 0. The zero-order chi connectivity index (χ0) is 11.1. The fraction of sp³-hybridized carbons (Fsp3) is 0.500. The number of carboxylic acids is 1. The highest BCUT2D eigenvalue weighted by atomic mass is 16.5. The van der Waals surface area contributed by atoms with E-state index in [1.807, 2.05) is 0 Å². The summed E-state index contributed by atoms with van der Waals surface area (Å²) in [7, 11) is 1.66. The van der Waals surface area contributed by atoms with E-state index in [0.717, 1.165) is 13.0 Å². The van der Waals surface area contributed by atoms with Crippen LogP contribution in [0.3, 0.4) is 0 Å². The molecule has 0 fully saturated rings. The van der Waals surface area contributed by atoms with Crippen LogP contribution in [0.4, 0.5) is 0 Å². The van der Waals surface area contributed by atoms with E-state index in [1.165, 1.54) is 6.08 Å². The van der Waals surface area contributed by atoms with Gasteiger partial charge in [0, 0.05) is 13.7 Å². The van der Waals surface area contributed by atoms with Gasteiger partial charge in [0.05, 0.1) is 11.7 Å². The molecule has 84 valence electrons. The van der Waals surface area contributed by atoms with E-state index in [-0.39, 0.29) is 6.17 Å². The lowest BCUT2D eigenvalue weighted by Gasteiger charge is -2.18. The number of carboxylic acid groups (broad SMARTS) is 1. The number of carbonyl (C=O) groups is 1. The molecular formula is C10H16N2O3. The molecule has 0 saturated carbocycles. The molecule has 0 aromatic heterocycles. The van der Waals surface area contributed by atoms with Gasteiger partial charge in [-0.2, -0.15) is 0 Å². The Morgan fingerprint density at radius 3 is 3.20 bits per heavy atom. The summed E-state index contributed by atoms with van der Waals surface area (Å²) in [5, 5.41) is 14.9. The van der Waals surface area contributed by atoms with Gasteiger partial charge >= 0.3 is 5.97 Å². The molecule has 1 aliphatic heterocycles. The molecule has 0 saturated heterocycles. The highest BCUT2D eigenvalue weighted by Crippen LogP contribution is 2.03. The van der Waals surface area contributed by atoms with Crippen molar-refractivity contribution in [3.05, 3.63) is 23.9 Å². The molecule has 0 amide bonds. The van der Waals surface area contributed by atoms with E-state index in [2.05, 4.69) is 10.6 Å². The van der Waals surface area contributed by atoms with Crippen LogP contribution in [-0.4, -0.2) is 37.5 Å². The first kappa shape index (κ1) is 11.7. The Hall–Kier alpha value is -1.33. The van der Waals surface area contributed by atoms with E-state index in [4.69, 9.17) is 9.84 Å². The molecular weight excluding hydrogens is 196 g/mol. The Bertz CT molecular complexity index is 274. The number of methoxy groups -OCH3 is 1. The van der Waals surface area contributed by atoms with Crippen molar-refractivity contribution in [2.75, 3.05) is 20.3 Å². The highest BCUT2D eigenvalue weighted by molar-refractivity contribution is 5.90. The molecule has 1 aliphatic rings. The molecule has 1 unspecified atom stereocenters. The minimum atomic E-state index is -0.906. The Morgan fingerprint density at radius 2 is 2.53 bits per heavy atom. The standard InChI is InChI=1S/C10H16N2O3/c1-15-6-2-4-11-9-7-8(10(13)14)3-5-12-9/h3,5,7,9,11-12H,2,4,6H2,1H3,(H,13,14). The van der Waals surface area contributed by atoms with Crippen molar-refractivity contribution >= 4 is 5.97 Å². The Kier molecular flexibility index (Phi) is 4.86. The van der Waals surface area contributed by atoms with Gasteiger partial charge in [-0.15, -0.1) is 0 Å². The predicted molar refractivity (Wildman–Crippen MR) is 56.3 cm³/mol. The Balaban J connectivity index is 2.31. The summed E-state index contributed by atoms with van der Waals surface area (Å²) in [5.41, 5.74) is 0.304. The van der Waals surface area contributed by atoms with Crippen LogP contribution in [0.25, 0.3) is 0 Å². The topological polar surface area (TPSA) is 70.6 Å². The monoisotopic (exact) mass is 212 g/mol. The number of aliphatic carboxylic acids is 1. The van der Waals surface area contributed by atoms with Gasteiger partial charge in [0.25, 0.3) is 0 Å². The Morgan fingerprint density at radius 1 is 1.73 bits per heavy atom. The number of dihydropyridines is 1. The van der Waals surface area contributed by atoms with E-state index in [9.17, 15) is 4.79 Å². The van der Waals surface area contributed by atoms with Crippen LogP contribution in [0.5, 0.6) is 0 Å². The smallest absolute Gasteiger partial charge is 0.335 e. The predicted octanol–water partition coefficient (Wildman–Crippen LogP) is 0.0665. The van der Waals surface area contributed by atoms with Crippen LogP contribution >= 0.6 is 0 Å². The lowest BCUT2D eigenvalue weighted by Crippen LogP contribution is -2.40. The molecule has 15 heavy (non-hydrogen) atoms. The van der Waals surface area contributed by atoms with Gasteiger partial charge in [0.15, 0.2) is 0 Å². The number of nitrogens with one attached hydrogen (secondary N) is 2. The summed E-state index contributed by atoms with van der Waals surface area (Å²) in [4.78, 5) is 10.7. The number of hydrogen-bond acceptors (Lipinski definition) is 4. The van der Waals surface area contributed by atoms with Gasteiger partial charge in [-0.05, 0) is 31.3 Å². The third kappa shape index (κ3) is 4.14. The Labute approximate surface area is 88.8 Å². The molecule has 0 aromatic carbocycles. The minimum Gasteiger partial charge on any atom is -0.478 e. The van der Waals surface area contributed by atoms with Crippen LogP contribution in [0, 0.1) is 0 Å². The van der Waals surface area contributed by atoms with Gasteiger partial charge < -0.3 is 15.2 Å². The fourth-order valence-electron chi connectivity index (χ4n) is 1.26. The van der Waals surface area contributed by atoms with Crippen LogP contribution in [0.15, 0.2) is 23.9 Å². The molecule has 3 N–H and O–H groups in total. The molecule has 0 aliphatic carbocycles. The van der Waals surface area contributed by atoms with Crippen LogP contribution in [0.2, 0.25) is 0 Å². The molecule has 5 heteroatoms. The lowest BCUT2D eigenvalue weighted by molar-refractivity contribution is -0.132. The summed E-state index contributed by atoms with van der Waals surface area (Å²) in [6.45, 7) is 1.48. The lowest BCUT2D eigenvalue weighted by atomic mass is 10.2. The van der Waals surface area contributed by atoms with Gasteiger partial charge in [0.2, 0.25) is 0 Å². The van der Waals surface area contributed by atoms with Crippen molar-refractivity contribution in [2.24, 2.45) is 0 Å². The molecule has 0 radical (unpaired) electrons. The van der Waals surface area contributed by atoms with Crippen molar-refractivity contribution in [1.29, 1.82) is 0 Å². The van der Waals surface area contributed by atoms with Gasteiger partial charge in [-0.3, -0.25) is 5.32 Å². The zero-order valence-corrected chi connectivity index (χ0v) is 8.69. The second kappa shape index (κ2) is 6.21. The van der Waals surface area contributed by atoms with Crippen LogP contribution in [-0.2, 0) is 9.53 Å². The maximum atomic E-state index is 10.7. The first-order valence-corrected chi connectivity index (χ1v) is 4.84. The van der Waals surface area contributed by atoms with Crippen LogP contribution in [0.1, 0.15) is 6.42 Å². The van der Waals surface area contributed by atoms with Crippen molar-refractivity contribution < 1.29 is 14.6 Å². The minimum absolute atomic E-state index is 0.113. The van der Waals surface area contributed by atoms with Crippen molar-refractivity contribution in [3.8, 4) is 0 Å². The van der Waals surface area contributed by atoms with Crippen molar-refractivity contribution in [3.63, 3.8) is 0 Å². The quantitative estimate of drug-likeness (QED) is 0.543. The van der Waals surface area contributed by atoms with E-state index < -0.39 is 5.97 Å². The second-order valence-corrected chi connectivity index (χ2v) is 3.21. The summed E-state index contributed by atoms with van der Waals surface area (Å²) in [6.07, 6.45) is 5.61. The summed E-state index contributed by atoms with van der Waals surface area (Å²) in [6, 6.07) is 0. The average Bonchev–Trinajstić information content (AvgIpc) is 2.25. The molecule has 1 rings (SSSR count). The molecule has 5 nitrogen and oxygen atoms in total. The second-order valence-electron chi connectivity index (χ2n) is 3.21. The van der Waals surface area contributed by atoms with E-state index >= 15 is 0 Å². The maximum Gasteiger partial charge on any atom is 0.335 e. The fourth-order valence-corrected chi connectivity index (χ4v) is 1.26. The zero-order valence-electron chi connectivity index (χ0n) is 8.69. The van der Waals surface area contributed by atoms with Gasteiger partial charge in [-0.1, -0.05) is 0 Å². The number of rotatable bonds is 6. The third-order valence-electron chi connectivity index (χ3n) is 2.02. The average molecular weight is 212 g/mol. The van der Waals surface area contributed by atoms with Crippen molar-refractivity contribution in [2.45, 2.75) is 12.6 Å². The molecule has 0 aromatic rings. The summed E-state index contributed by atoms with van der Waals surface area (Å²) in [5.74, 6) is -0.906. The molecule has 1 atom stereocenters. The molecule has 1 heterocycles. The normalized spacial score (nSPS) is 19.5. The van der Waals surface area contributed by atoms with E-state index in [0.29, 0.717) is 12.2 Å².